The van der Waals surface area contributed by atoms with Crippen molar-refractivity contribution in [2.75, 3.05) is 0 Å². The van der Waals surface area contributed by atoms with Crippen LogP contribution in [-0.2, 0) is 6.42 Å². The Morgan fingerprint density at radius 2 is 0.886 bits per heavy atom. The van der Waals surface area contributed by atoms with E-state index in [9.17, 15) is 74.6 Å². The molecule has 0 aliphatic rings. The van der Waals surface area contributed by atoms with Gasteiger partial charge in [0.05, 0.1) is 0 Å². The van der Waals surface area contributed by atoms with E-state index in [4.69, 9.17) is 0 Å². The molecule has 1 aromatic carbocycles. The number of benzene rings is 1. The SMILES string of the molecule is FC(F)(F)C(F)(F)C(F)(F)C(F)(F)C(F)(F)C(F)(F)C(F)(F)C(F)(F)C=C(I)Cc1ccccc1. The van der Waals surface area contributed by atoms with Crippen molar-refractivity contribution in [3.63, 3.8) is 0 Å². The van der Waals surface area contributed by atoms with E-state index in [0.29, 0.717) is 0 Å². The van der Waals surface area contributed by atoms with Crippen LogP contribution in [0.4, 0.5) is 74.6 Å². The third-order valence-electron chi connectivity index (χ3n) is 4.30. The lowest BCUT2D eigenvalue weighted by molar-refractivity contribution is -0.459. The molecule has 0 saturated carbocycles. The average molecular weight is 662 g/mol. The van der Waals surface area contributed by atoms with Gasteiger partial charge in [-0.15, -0.1) is 0 Å². The molecular formula is C17H8F17I. The van der Waals surface area contributed by atoms with Crippen LogP contribution >= 0.6 is 22.6 Å². The third kappa shape index (κ3) is 4.91. The summed E-state index contributed by atoms with van der Waals surface area (Å²) in [5.74, 6) is -56.4. The molecule has 0 saturated heterocycles. The van der Waals surface area contributed by atoms with Crippen molar-refractivity contribution in [1.82, 2.24) is 0 Å². The second-order valence-electron chi connectivity index (χ2n) is 6.82. The molecule has 1 aromatic rings. The normalized spacial score (nSPS) is 16.0. The Kier molecular flexibility index (Phi) is 8.21. The molecule has 0 spiro atoms. The fourth-order valence-electron chi connectivity index (χ4n) is 2.31. The zero-order valence-corrected chi connectivity index (χ0v) is 18.1. The van der Waals surface area contributed by atoms with Crippen molar-refractivity contribution in [2.24, 2.45) is 0 Å². The first-order chi connectivity index (χ1) is 15.2. The smallest absolute Gasteiger partial charge is 0.195 e. The Bertz CT molecular complexity index is 914. The number of allylic oxidation sites excluding steroid dienone is 2. The highest BCUT2D eigenvalue weighted by Crippen LogP contribution is 2.64. The summed E-state index contributed by atoms with van der Waals surface area (Å²) in [6.07, 6.45) is -9.61. The van der Waals surface area contributed by atoms with Gasteiger partial charge < -0.3 is 0 Å². The van der Waals surface area contributed by atoms with Gasteiger partial charge in [-0.3, -0.25) is 0 Å². The van der Waals surface area contributed by atoms with E-state index in [0.717, 1.165) is 22.6 Å². The van der Waals surface area contributed by atoms with Gasteiger partial charge in [0.25, 0.3) is 0 Å². The second kappa shape index (κ2) is 9.11. The monoisotopic (exact) mass is 662 g/mol. The standard InChI is InChI=1S/C17H8F17I/c18-10(19,7-9(35)6-8-4-2-1-3-5-8)11(20,21)12(22,23)13(24,25)14(26,27)15(28,29)16(30,31)17(32,33)34/h1-5,7H,6H2. The zero-order valence-electron chi connectivity index (χ0n) is 16.0. The van der Waals surface area contributed by atoms with Crippen LogP contribution in [0.1, 0.15) is 5.56 Å². The van der Waals surface area contributed by atoms with Crippen LogP contribution in [0, 0.1) is 0 Å². The predicted molar refractivity (Wildman–Crippen MR) is 92.9 cm³/mol. The molecule has 0 aliphatic heterocycles. The zero-order chi connectivity index (χ0) is 28.1. The molecular weight excluding hydrogens is 654 g/mol. The molecule has 1 rings (SSSR count). The molecule has 0 unspecified atom stereocenters. The van der Waals surface area contributed by atoms with Gasteiger partial charge in [-0.05, 0) is 31.7 Å². The molecule has 0 aromatic heterocycles. The summed E-state index contributed by atoms with van der Waals surface area (Å²) in [6.45, 7) is 0. The molecule has 35 heavy (non-hydrogen) atoms. The van der Waals surface area contributed by atoms with E-state index in [1.807, 2.05) is 0 Å². The number of halogens is 18. The molecule has 0 aliphatic carbocycles. The van der Waals surface area contributed by atoms with Gasteiger partial charge in [-0.25, -0.2) is 0 Å². The Labute approximate surface area is 197 Å². The van der Waals surface area contributed by atoms with Crippen molar-refractivity contribution in [3.05, 3.63) is 45.6 Å². The van der Waals surface area contributed by atoms with Gasteiger partial charge in [0, 0.05) is 12.5 Å². The summed E-state index contributed by atoms with van der Waals surface area (Å²) in [7, 11) is 0. The Hall–Kier alpha value is -1.50. The van der Waals surface area contributed by atoms with Crippen molar-refractivity contribution < 1.29 is 74.6 Å². The van der Waals surface area contributed by atoms with Crippen LogP contribution in [0.25, 0.3) is 0 Å². The highest BCUT2D eigenvalue weighted by molar-refractivity contribution is 14.1. The summed E-state index contributed by atoms with van der Waals surface area (Å²) < 4.78 is 224. The molecule has 0 bridgehead atoms. The van der Waals surface area contributed by atoms with E-state index in [1.165, 1.54) is 30.3 Å². The fraction of sp³-hybridized carbons (Fsp3) is 0.529. The number of rotatable bonds is 9. The number of hydrogen-bond donors (Lipinski definition) is 0. The summed E-state index contributed by atoms with van der Waals surface area (Å²) in [5, 5.41) is 0. The van der Waals surface area contributed by atoms with Crippen LogP contribution in [0.5, 0.6) is 0 Å². The van der Waals surface area contributed by atoms with E-state index in [1.54, 1.807) is 0 Å². The minimum Gasteiger partial charge on any atom is -0.195 e. The Balaban J connectivity index is 3.55. The van der Waals surface area contributed by atoms with E-state index >= 15 is 0 Å². The van der Waals surface area contributed by atoms with Crippen molar-refractivity contribution >= 4 is 22.6 Å². The molecule has 0 N–H and O–H groups in total. The van der Waals surface area contributed by atoms with Crippen LogP contribution in [0.3, 0.4) is 0 Å². The third-order valence-corrected chi connectivity index (χ3v) is 4.99. The molecule has 0 fully saturated rings. The average Bonchev–Trinajstić information content (AvgIpc) is 2.66. The number of hydrogen-bond acceptors (Lipinski definition) is 0. The minimum absolute atomic E-state index is 0.0601. The first-order valence-corrected chi connectivity index (χ1v) is 9.43. The first-order valence-electron chi connectivity index (χ1n) is 8.35. The Morgan fingerprint density at radius 1 is 0.543 bits per heavy atom. The summed E-state index contributed by atoms with van der Waals surface area (Å²) in [6, 6.07) is 6.35. The molecule has 0 nitrogen and oxygen atoms in total. The van der Waals surface area contributed by atoms with Gasteiger partial charge >= 0.3 is 47.6 Å². The summed E-state index contributed by atoms with van der Waals surface area (Å²) in [5.41, 5.74) is 0.0601. The van der Waals surface area contributed by atoms with Crippen LogP contribution in [0.2, 0.25) is 0 Å². The quantitative estimate of drug-likeness (QED) is 0.184. The van der Waals surface area contributed by atoms with Crippen LogP contribution < -0.4 is 0 Å². The van der Waals surface area contributed by atoms with Crippen molar-refractivity contribution in [2.45, 2.75) is 54.1 Å². The van der Waals surface area contributed by atoms with Gasteiger partial charge in [0.15, 0.2) is 0 Å². The molecule has 202 valence electrons. The Morgan fingerprint density at radius 3 is 1.26 bits per heavy atom. The lowest BCUT2D eigenvalue weighted by atomic mass is 9.89. The highest BCUT2D eigenvalue weighted by atomic mass is 127. The maximum Gasteiger partial charge on any atom is 0.460 e. The van der Waals surface area contributed by atoms with E-state index in [2.05, 4.69) is 0 Å². The van der Waals surface area contributed by atoms with Crippen LogP contribution in [-0.4, -0.2) is 47.6 Å². The first kappa shape index (κ1) is 31.5. The van der Waals surface area contributed by atoms with Gasteiger partial charge in [0.1, 0.15) is 0 Å². The molecule has 0 atom stereocenters. The fourth-order valence-corrected chi connectivity index (χ4v) is 3.14. The predicted octanol–water partition coefficient (Wildman–Crippen LogP) is 8.56. The van der Waals surface area contributed by atoms with Gasteiger partial charge in [-0.2, -0.15) is 74.6 Å². The van der Waals surface area contributed by atoms with Gasteiger partial charge in [0.2, 0.25) is 0 Å². The van der Waals surface area contributed by atoms with Crippen molar-refractivity contribution in [3.8, 4) is 0 Å². The molecule has 18 heteroatoms. The largest absolute Gasteiger partial charge is 0.460 e. The summed E-state index contributed by atoms with van der Waals surface area (Å²) in [4.78, 5) is 0. The summed E-state index contributed by atoms with van der Waals surface area (Å²) >= 11 is 0.831. The minimum atomic E-state index is -8.62. The molecule has 0 radical (unpaired) electrons. The maximum atomic E-state index is 13.9. The topological polar surface area (TPSA) is 0 Å². The molecule has 0 heterocycles. The van der Waals surface area contributed by atoms with Crippen molar-refractivity contribution in [1.29, 1.82) is 0 Å². The van der Waals surface area contributed by atoms with E-state index in [-0.39, 0.29) is 5.56 Å². The lowest BCUT2D eigenvalue weighted by Crippen LogP contribution is -2.74. The van der Waals surface area contributed by atoms with Crippen LogP contribution in [0.15, 0.2) is 40.0 Å². The van der Waals surface area contributed by atoms with Gasteiger partial charge in [-0.1, -0.05) is 30.3 Å². The second-order valence-corrected chi connectivity index (χ2v) is 8.21. The van der Waals surface area contributed by atoms with E-state index < -0.39 is 63.7 Å². The maximum absolute atomic E-state index is 13.9. The highest BCUT2D eigenvalue weighted by Gasteiger charge is 2.95. The lowest BCUT2D eigenvalue weighted by Gasteiger charge is -2.42. The number of alkyl halides is 17. The molecule has 0 amide bonds.